The number of cyclic esters (lactones) is 2. The zero-order chi connectivity index (χ0) is 16.7. The molecule has 2 rings (SSSR count). The summed E-state index contributed by atoms with van der Waals surface area (Å²) >= 11 is 0. The molecule has 1 aromatic carbocycles. The normalized spacial score (nSPS) is 17.9. The number of hydrogen-bond donors (Lipinski definition) is 0. The first-order chi connectivity index (χ1) is 10.1. The maximum absolute atomic E-state index is 13.5. The molecule has 0 N–H and O–H groups in total. The molecule has 1 aliphatic rings. The van der Waals surface area contributed by atoms with Gasteiger partial charge < -0.3 is 9.47 Å². The standard InChI is InChI=1S/C14H11F3O5/c1-14(2)21-12(19)11(13(20)22-14)10(18)4-6-3-8(16)9(17)5-7(6)15/h3,5,11H,4H2,1-2H3. The number of benzene rings is 1. The van der Waals surface area contributed by atoms with Gasteiger partial charge in [0.2, 0.25) is 5.92 Å². The minimum atomic E-state index is -1.87. The van der Waals surface area contributed by atoms with Crippen LogP contribution in [0.1, 0.15) is 19.4 Å². The second-order valence-corrected chi connectivity index (χ2v) is 5.18. The topological polar surface area (TPSA) is 69.7 Å². The van der Waals surface area contributed by atoms with Crippen molar-refractivity contribution < 1.29 is 37.0 Å². The molecular formula is C14H11F3O5. The van der Waals surface area contributed by atoms with Crippen molar-refractivity contribution in [2.24, 2.45) is 5.92 Å². The fourth-order valence-corrected chi connectivity index (χ4v) is 1.97. The third kappa shape index (κ3) is 3.10. The Morgan fingerprint density at radius 1 is 1.05 bits per heavy atom. The first-order valence-corrected chi connectivity index (χ1v) is 6.22. The Hall–Kier alpha value is -2.38. The van der Waals surface area contributed by atoms with E-state index in [-0.39, 0.29) is 6.07 Å². The molecule has 22 heavy (non-hydrogen) atoms. The molecule has 118 valence electrons. The van der Waals surface area contributed by atoms with Crippen LogP contribution in [0.25, 0.3) is 0 Å². The van der Waals surface area contributed by atoms with E-state index >= 15 is 0 Å². The summed E-state index contributed by atoms with van der Waals surface area (Å²) < 4.78 is 48.9. The van der Waals surface area contributed by atoms with Gasteiger partial charge in [0.1, 0.15) is 5.82 Å². The van der Waals surface area contributed by atoms with Crippen LogP contribution in [-0.2, 0) is 30.3 Å². The van der Waals surface area contributed by atoms with Crippen LogP contribution in [-0.4, -0.2) is 23.5 Å². The van der Waals surface area contributed by atoms with E-state index in [1.165, 1.54) is 13.8 Å². The number of esters is 2. The molecule has 0 amide bonds. The first kappa shape index (κ1) is 16.0. The molecule has 1 fully saturated rings. The molecule has 0 aliphatic carbocycles. The van der Waals surface area contributed by atoms with Gasteiger partial charge in [0, 0.05) is 26.3 Å². The predicted octanol–water partition coefficient (Wildman–Crippen LogP) is 1.67. The fraction of sp³-hybridized carbons (Fsp3) is 0.357. The molecule has 5 nitrogen and oxygen atoms in total. The molecule has 1 saturated heterocycles. The highest BCUT2D eigenvalue weighted by molar-refractivity contribution is 6.16. The molecular weight excluding hydrogens is 305 g/mol. The van der Waals surface area contributed by atoms with Gasteiger partial charge in [-0.1, -0.05) is 0 Å². The number of halogens is 3. The quantitative estimate of drug-likeness (QED) is 0.482. The Bertz CT molecular complexity index is 649. The van der Waals surface area contributed by atoms with Gasteiger partial charge in [0.25, 0.3) is 5.79 Å². The molecule has 1 aromatic rings. The third-order valence-electron chi connectivity index (χ3n) is 2.94. The summed E-state index contributed by atoms with van der Waals surface area (Å²) in [7, 11) is 0. The Balaban J connectivity index is 2.21. The summed E-state index contributed by atoms with van der Waals surface area (Å²) in [5.74, 6) is -10.6. The van der Waals surface area contributed by atoms with Gasteiger partial charge in [-0.25, -0.2) is 13.2 Å². The smallest absolute Gasteiger partial charge is 0.331 e. The highest BCUT2D eigenvalue weighted by Gasteiger charge is 2.47. The van der Waals surface area contributed by atoms with Crippen molar-refractivity contribution in [3.63, 3.8) is 0 Å². The van der Waals surface area contributed by atoms with Crippen molar-refractivity contribution in [1.29, 1.82) is 0 Å². The number of Topliss-reactive ketones (excluding diaryl/α,β-unsaturated/α-hetero) is 1. The lowest BCUT2D eigenvalue weighted by Crippen LogP contribution is -2.49. The highest BCUT2D eigenvalue weighted by Crippen LogP contribution is 2.25. The van der Waals surface area contributed by atoms with Gasteiger partial charge in [-0.3, -0.25) is 14.4 Å². The van der Waals surface area contributed by atoms with Crippen LogP contribution < -0.4 is 0 Å². The number of rotatable bonds is 3. The number of hydrogen-bond acceptors (Lipinski definition) is 5. The van der Waals surface area contributed by atoms with E-state index < -0.39 is 58.9 Å². The summed E-state index contributed by atoms with van der Waals surface area (Å²) in [6.07, 6.45) is -0.779. The van der Waals surface area contributed by atoms with Crippen molar-refractivity contribution >= 4 is 17.7 Å². The summed E-state index contributed by atoms with van der Waals surface area (Å²) in [6.45, 7) is 2.61. The van der Waals surface area contributed by atoms with Crippen LogP contribution >= 0.6 is 0 Å². The van der Waals surface area contributed by atoms with E-state index in [1.807, 2.05) is 0 Å². The van der Waals surface area contributed by atoms with Crippen LogP contribution in [0.4, 0.5) is 13.2 Å². The molecule has 0 spiro atoms. The van der Waals surface area contributed by atoms with E-state index in [9.17, 15) is 27.6 Å². The maximum atomic E-state index is 13.5. The van der Waals surface area contributed by atoms with E-state index in [1.54, 1.807) is 0 Å². The monoisotopic (exact) mass is 316 g/mol. The molecule has 0 radical (unpaired) electrons. The van der Waals surface area contributed by atoms with E-state index in [2.05, 4.69) is 0 Å². The lowest BCUT2D eigenvalue weighted by molar-refractivity contribution is -0.238. The van der Waals surface area contributed by atoms with E-state index in [0.717, 1.165) is 0 Å². The molecule has 0 unspecified atom stereocenters. The van der Waals surface area contributed by atoms with Gasteiger partial charge in [-0.05, 0) is 11.6 Å². The molecule has 8 heteroatoms. The lowest BCUT2D eigenvalue weighted by Gasteiger charge is -2.32. The van der Waals surface area contributed by atoms with Gasteiger partial charge in [-0.15, -0.1) is 0 Å². The second-order valence-electron chi connectivity index (χ2n) is 5.18. The SMILES string of the molecule is CC1(C)OC(=O)C(C(=O)Cc2cc(F)c(F)cc2F)C(=O)O1. The van der Waals surface area contributed by atoms with Crippen LogP contribution in [0.3, 0.4) is 0 Å². The summed E-state index contributed by atoms with van der Waals surface area (Å²) in [6, 6.07) is 0.768. The summed E-state index contributed by atoms with van der Waals surface area (Å²) in [4.78, 5) is 35.3. The number of carbonyl (C=O) groups excluding carboxylic acids is 3. The first-order valence-electron chi connectivity index (χ1n) is 6.22. The largest absolute Gasteiger partial charge is 0.422 e. The van der Waals surface area contributed by atoms with Gasteiger partial charge in [0.05, 0.1) is 0 Å². The molecule has 0 saturated carbocycles. The molecule has 0 aromatic heterocycles. The third-order valence-corrected chi connectivity index (χ3v) is 2.94. The van der Waals surface area contributed by atoms with E-state index in [4.69, 9.17) is 9.47 Å². The second kappa shape index (κ2) is 5.43. The minimum absolute atomic E-state index is 0.276. The van der Waals surface area contributed by atoms with Crippen LogP contribution in [0, 0.1) is 23.4 Å². The van der Waals surface area contributed by atoms with Gasteiger partial charge in [-0.2, -0.15) is 0 Å². The van der Waals surface area contributed by atoms with Crippen molar-refractivity contribution in [3.05, 3.63) is 35.1 Å². The fourth-order valence-electron chi connectivity index (χ4n) is 1.97. The summed E-state index contributed by atoms with van der Waals surface area (Å²) in [5.41, 5.74) is -0.477. The lowest BCUT2D eigenvalue weighted by atomic mass is 9.96. The Morgan fingerprint density at radius 2 is 1.55 bits per heavy atom. The molecule has 1 heterocycles. The average molecular weight is 316 g/mol. The van der Waals surface area contributed by atoms with Crippen molar-refractivity contribution in [3.8, 4) is 0 Å². The van der Waals surface area contributed by atoms with Crippen LogP contribution in [0.15, 0.2) is 12.1 Å². The minimum Gasteiger partial charge on any atom is -0.422 e. The number of carbonyl (C=O) groups is 3. The maximum Gasteiger partial charge on any atom is 0.331 e. The molecule has 0 atom stereocenters. The van der Waals surface area contributed by atoms with Gasteiger partial charge >= 0.3 is 11.9 Å². The van der Waals surface area contributed by atoms with Crippen molar-refractivity contribution in [2.45, 2.75) is 26.1 Å². The zero-order valence-corrected chi connectivity index (χ0v) is 11.6. The highest BCUT2D eigenvalue weighted by atomic mass is 19.2. The Kier molecular flexibility index (Phi) is 3.95. The Labute approximate surface area is 123 Å². The summed E-state index contributed by atoms with van der Waals surface area (Å²) in [5, 5.41) is 0. The van der Waals surface area contributed by atoms with Crippen LogP contribution in [0.2, 0.25) is 0 Å². The van der Waals surface area contributed by atoms with Gasteiger partial charge in [0.15, 0.2) is 17.4 Å². The number of ether oxygens (including phenoxy) is 2. The number of ketones is 1. The molecule has 0 bridgehead atoms. The van der Waals surface area contributed by atoms with E-state index in [0.29, 0.717) is 6.07 Å². The van der Waals surface area contributed by atoms with Crippen LogP contribution in [0.5, 0.6) is 0 Å². The zero-order valence-electron chi connectivity index (χ0n) is 11.6. The predicted molar refractivity (Wildman–Crippen MR) is 64.8 cm³/mol. The average Bonchev–Trinajstić information content (AvgIpc) is 2.33. The Morgan fingerprint density at radius 3 is 2.09 bits per heavy atom. The van der Waals surface area contributed by atoms with Crippen molar-refractivity contribution in [1.82, 2.24) is 0 Å². The molecule has 1 aliphatic heterocycles. The van der Waals surface area contributed by atoms with Crippen molar-refractivity contribution in [2.75, 3.05) is 0 Å².